The number of hydrogen-bond acceptors (Lipinski definition) is 6. The molecule has 11 heteroatoms. The molecule has 1 aliphatic heterocycles. The largest absolute Gasteiger partial charge is 0.434 e. The number of amides is 1. The molecule has 194 valence electrons. The lowest BCUT2D eigenvalue weighted by Gasteiger charge is -2.36. The van der Waals surface area contributed by atoms with Crippen molar-refractivity contribution in [3.63, 3.8) is 0 Å². The molecule has 1 fully saturated rings. The van der Waals surface area contributed by atoms with Crippen LogP contribution in [0.1, 0.15) is 70.6 Å². The van der Waals surface area contributed by atoms with E-state index in [4.69, 9.17) is 10.5 Å². The topological polar surface area (TPSA) is 98.6 Å². The van der Waals surface area contributed by atoms with Crippen molar-refractivity contribution in [1.29, 1.82) is 0 Å². The fourth-order valence-corrected chi connectivity index (χ4v) is 6.11. The molecule has 2 bridgehead atoms. The Kier molecular flexibility index (Phi) is 4.88. The Morgan fingerprint density at radius 1 is 1.16 bits per heavy atom. The molecule has 0 saturated heterocycles. The number of pyridine rings is 1. The first-order valence-corrected chi connectivity index (χ1v) is 12.4. The van der Waals surface area contributed by atoms with Gasteiger partial charge in [-0.2, -0.15) is 13.9 Å². The second-order valence-electron chi connectivity index (χ2n) is 10.3. The quantitative estimate of drug-likeness (QED) is 0.425. The standard InChI is InChI=1S/C27H23F3N6O2/c1-35-19-9-16(21-14(24(35)37)4-2-5-20(21)38-26(29)30)22-18-8-15(17(28)12-36(18)34-23(19)22)13-10-32-25(33-11-13)27(31)6-3-7-27/h2,4-5,8,10-12,16,19,26H,3,6-7,9,31H2,1H3/t16-,19-/m1/s1. The molecule has 7 rings (SSSR count). The van der Waals surface area contributed by atoms with Gasteiger partial charge in [-0.05, 0) is 43.9 Å². The zero-order chi connectivity index (χ0) is 26.3. The fraction of sp³-hybridized carbons (Fsp3) is 0.333. The van der Waals surface area contributed by atoms with E-state index >= 15 is 4.39 Å². The lowest BCUT2D eigenvalue weighted by molar-refractivity contribution is -0.0505. The first-order chi connectivity index (χ1) is 18.2. The second kappa shape index (κ2) is 8.00. The van der Waals surface area contributed by atoms with Gasteiger partial charge in [0.25, 0.3) is 5.91 Å². The van der Waals surface area contributed by atoms with Crippen molar-refractivity contribution >= 4 is 11.4 Å². The highest BCUT2D eigenvalue weighted by Crippen LogP contribution is 2.53. The Labute approximate surface area is 215 Å². The predicted molar refractivity (Wildman–Crippen MR) is 130 cm³/mol. The summed E-state index contributed by atoms with van der Waals surface area (Å²) in [4.78, 5) is 23.7. The zero-order valence-corrected chi connectivity index (χ0v) is 20.4. The van der Waals surface area contributed by atoms with Gasteiger partial charge < -0.3 is 15.4 Å². The molecule has 8 nitrogen and oxygen atoms in total. The third kappa shape index (κ3) is 3.20. The Morgan fingerprint density at radius 2 is 1.92 bits per heavy atom. The average Bonchev–Trinajstić information content (AvgIpc) is 3.39. The molecule has 38 heavy (non-hydrogen) atoms. The summed E-state index contributed by atoms with van der Waals surface area (Å²) < 4.78 is 48.3. The lowest BCUT2D eigenvalue weighted by atomic mass is 9.77. The minimum atomic E-state index is -3.05. The molecule has 0 unspecified atom stereocenters. The van der Waals surface area contributed by atoms with Crippen molar-refractivity contribution in [1.82, 2.24) is 24.5 Å². The minimum Gasteiger partial charge on any atom is -0.434 e. The van der Waals surface area contributed by atoms with E-state index in [1.807, 2.05) is 0 Å². The van der Waals surface area contributed by atoms with Crippen LogP contribution in [0.4, 0.5) is 13.2 Å². The third-order valence-electron chi connectivity index (χ3n) is 8.21. The van der Waals surface area contributed by atoms with Crippen LogP contribution in [-0.4, -0.2) is 44.0 Å². The number of benzene rings is 1. The van der Waals surface area contributed by atoms with Crippen LogP contribution in [0.2, 0.25) is 0 Å². The van der Waals surface area contributed by atoms with Gasteiger partial charge in [0, 0.05) is 53.2 Å². The van der Waals surface area contributed by atoms with Crippen LogP contribution in [0, 0.1) is 5.82 Å². The third-order valence-corrected chi connectivity index (χ3v) is 8.21. The molecule has 0 radical (unpaired) electrons. The molecule has 2 atom stereocenters. The summed E-state index contributed by atoms with van der Waals surface area (Å²) in [6.07, 6.45) is 7.52. The SMILES string of the molecule is CN1C(=O)c2cccc(OC(F)F)c2[C@H]2C[C@@H]1c1nn3cc(F)c(-c4cnc(C5(N)CCC5)nc4)cc3c12. The summed E-state index contributed by atoms with van der Waals surface area (Å²) in [7, 11) is 1.66. The van der Waals surface area contributed by atoms with Crippen molar-refractivity contribution in [2.24, 2.45) is 5.73 Å². The van der Waals surface area contributed by atoms with Crippen LogP contribution < -0.4 is 10.5 Å². The van der Waals surface area contributed by atoms with Crippen LogP contribution in [0.25, 0.3) is 16.6 Å². The molecule has 2 N–H and O–H groups in total. The number of nitrogens with zero attached hydrogens (tertiary/aromatic N) is 5. The fourth-order valence-electron chi connectivity index (χ4n) is 6.11. The zero-order valence-electron chi connectivity index (χ0n) is 20.4. The molecular weight excluding hydrogens is 497 g/mol. The van der Waals surface area contributed by atoms with Crippen molar-refractivity contribution in [2.45, 2.75) is 49.8 Å². The number of nitrogens with two attached hydrogens (primary N) is 1. The summed E-state index contributed by atoms with van der Waals surface area (Å²) in [5.74, 6) is -0.770. The molecule has 3 aliphatic rings. The number of alkyl halides is 2. The van der Waals surface area contributed by atoms with Gasteiger partial charge in [-0.1, -0.05) is 6.07 Å². The molecular formula is C27H23F3N6O2. The highest BCUT2D eigenvalue weighted by atomic mass is 19.3. The number of carbonyl (C=O) groups is 1. The van der Waals surface area contributed by atoms with Crippen molar-refractivity contribution in [3.05, 3.63) is 76.9 Å². The van der Waals surface area contributed by atoms with E-state index in [-0.39, 0.29) is 17.2 Å². The van der Waals surface area contributed by atoms with E-state index in [1.54, 1.807) is 36.5 Å². The summed E-state index contributed by atoms with van der Waals surface area (Å²) in [6.45, 7) is -3.05. The van der Waals surface area contributed by atoms with Crippen LogP contribution in [-0.2, 0) is 5.54 Å². The van der Waals surface area contributed by atoms with Crippen molar-refractivity contribution < 1.29 is 22.7 Å². The van der Waals surface area contributed by atoms with E-state index in [0.29, 0.717) is 40.1 Å². The summed E-state index contributed by atoms with van der Waals surface area (Å²) in [6, 6.07) is 5.88. The van der Waals surface area contributed by atoms with E-state index in [9.17, 15) is 13.6 Å². The van der Waals surface area contributed by atoms with Gasteiger partial charge in [-0.3, -0.25) is 4.79 Å². The Bertz CT molecular complexity index is 1620. The van der Waals surface area contributed by atoms with E-state index < -0.39 is 29.9 Å². The summed E-state index contributed by atoms with van der Waals surface area (Å²) in [5.41, 5.74) is 9.26. The number of carbonyl (C=O) groups excluding carboxylic acids is 1. The maximum Gasteiger partial charge on any atom is 0.387 e. The Hall–Kier alpha value is -3.99. The summed E-state index contributed by atoms with van der Waals surface area (Å²) in [5, 5.41) is 4.63. The lowest BCUT2D eigenvalue weighted by Crippen LogP contribution is -2.44. The summed E-state index contributed by atoms with van der Waals surface area (Å²) >= 11 is 0. The number of fused-ring (bicyclic) bond motifs is 9. The van der Waals surface area contributed by atoms with Crippen LogP contribution in [0.5, 0.6) is 5.75 Å². The van der Waals surface area contributed by atoms with E-state index in [1.165, 1.54) is 22.8 Å². The molecule has 1 amide bonds. The minimum absolute atomic E-state index is 0.0462. The smallest absolute Gasteiger partial charge is 0.387 e. The number of aromatic nitrogens is 4. The molecule has 3 aromatic heterocycles. The maximum atomic E-state index is 15.3. The number of halogens is 3. The van der Waals surface area contributed by atoms with Crippen LogP contribution in [0.15, 0.2) is 42.9 Å². The first-order valence-electron chi connectivity index (χ1n) is 12.4. The van der Waals surface area contributed by atoms with Crippen LogP contribution in [0.3, 0.4) is 0 Å². The molecule has 4 aromatic rings. The molecule has 0 spiro atoms. The first kappa shape index (κ1) is 23.2. The second-order valence-corrected chi connectivity index (χ2v) is 10.3. The van der Waals surface area contributed by atoms with Gasteiger partial charge in [0.05, 0.1) is 29.0 Å². The predicted octanol–water partition coefficient (Wildman–Crippen LogP) is 4.53. The van der Waals surface area contributed by atoms with Gasteiger partial charge in [0.1, 0.15) is 17.4 Å². The highest BCUT2D eigenvalue weighted by molar-refractivity contribution is 5.98. The Balaban J connectivity index is 1.39. The van der Waals surface area contributed by atoms with Crippen LogP contribution >= 0.6 is 0 Å². The maximum absolute atomic E-state index is 15.3. The molecule has 4 heterocycles. The van der Waals surface area contributed by atoms with Gasteiger partial charge in [0.2, 0.25) is 0 Å². The van der Waals surface area contributed by atoms with Crippen molar-refractivity contribution in [3.8, 4) is 16.9 Å². The molecule has 1 saturated carbocycles. The Morgan fingerprint density at radius 3 is 2.61 bits per heavy atom. The van der Waals surface area contributed by atoms with Gasteiger partial charge >= 0.3 is 6.61 Å². The van der Waals surface area contributed by atoms with Gasteiger partial charge in [-0.25, -0.2) is 18.9 Å². The van der Waals surface area contributed by atoms with Gasteiger partial charge in [0.15, 0.2) is 0 Å². The monoisotopic (exact) mass is 520 g/mol. The molecule has 1 aromatic carbocycles. The normalized spacial score (nSPS) is 21.3. The van der Waals surface area contributed by atoms with E-state index in [2.05, 4.69) is 15.1 Å². The highest BCUT2D eigenvalue weighted by Gasteiger charge is 2.46. The van der Waals surface area contributed by atoms with Gasteiger partial charge in [-0.15, -0.1) is 0 Å². The number of rotatable bonds is 4. The van der Waals surface area contributed by atoms with Crippen molar-refractivity contribution in [2.75, 3.05) is 7.05 Å². The molecule has 2 aliphatic carbocycles. The average molecular weight is 521 g/mol. The van der Waals surface area contributed by atoms with E-state index in [0.717, 1.165) is 24.8 Å². The number of hydrogen-bond donors (Lipinski definition) is 1. The number of ether oxygens (including phenoxy) is 1.